The summed E-state index contributed by atoms with van der Waals surface area (Å²) in [7, 11) is -2.43. The Bertz CT molecular complexity index is 1090. The van der Waals surface area contributed by atoms with Crippen LogP contribution in [0.1, 0.15) is 23.1 Å². The molecule has 1 atom stereocenters. The van der Waals surface area contributed by atoms with Crippen LogP contribution in [0, 0.1) is 6.92 Å². The van der Waals surface area contributed by atoms with Crippen molar-refractivity contribution in [3.8, 4) is 0 Å². The molecule has 0 spiro atoms. The molecular weight excluding hydrogens is 410 g/mol. The monoisotopic (exact) mass is 437 g/mol. The fourth-order valence-electron chi connectivity index (χ4n) is 4.45. The lowest BCUT2D eigenvalue weighted by Crippen LogP contribution is -2.60. The van der Waals surface area contributed by atoms with Gasteiger partial charge in [0.15, 0.2) is 5.79 Å². The molecule has 1 heterocycles. The average Bonchev–Trinajstić information content (AvgIpc) is 2.80. The SMILES string of the molecule is COC1(O)CN(S(=O)(=O)c2ccc(C)cc2)CC(c2ccccc2)(c2ccccc2)C1. The van der Waals surface area contributed by atoms with Crippen LogP contribution >= 0.6 is 0 Å². The van der Waals surface area contributed by atoms with E-state index in [0.717, 1.165) is 16.7 Å². The summed E-state index contributed by atoms with van der Waals surface area (Å²) >= 11 is 0. The molecule has 0 bridgehead atoms. The third-order valence-corrected chi connectivity index (χ3v) is 7.95. The molecule has 162 valence electrons. The molecule has 3 aromatic carbocycles. The predicted octanol–water partition coefficient (Wildman–Crippen LogP) is 3.71. The number of benzene rings is 3. The minimum atomic E-state index is -3.85. The van der Waals surface area contributed by atoms with E-state index in [1.807, 2.05) is 67.6 Å². The number of hydrogen-bond acceptors (Lipinski definition) is 4. The highest BCUT2D eigenvalue weighted by Crippen LogP contribution is 2.45. The molecule has 1 unspecified atom stereocenters. The van der Waals surface area contributed by atoms with Crippen molar-refractivity contribution in [1.82, 2.24) is 4.31 Å². The second-order valence-electron chi connectivity index (χ2n) is 8.23. The molecule has 0 amide bonds. The summed E-state index contributed by atoms with van der Waals surface area (Å²) in [5.41, 5.74) is 2.07. The number of ether oxygens (including phenoxy) is 1. The van der Waals surface area contributed by atoms with Crippen LogP contribution in [0.3, 0.4) is 0 Å². The van der Waals surface area contributed by atoms with Crippen LogP contribution in [0.25, 0.3) is 0 Å². The maximum atomic E-state index is 13.6. The van der Waals surface area contributed by atoms with Gasteiger partial charge in [0.1, 0.15) is 0 Å². The van der Waals surface area contributed by atoms with Gasteiger partial charge in [-0.2, -0.15) is 4.31 Å². The molecule has 3 aromatic rings. The molecule has 31 heavy (non-hydrogen) atoms. The predicted molar refractivity (Wildman–Crippen MR) is 120 cm³/mol. The van der Waals surface area contributed by atoms with E-state index >= 15 is 0 Å². The van der Waals surface area contributed by atoms with Gasteiger partial charge in [-0.3, -0.25) is 0 Å². The number of piperidine rings is 1. The van der Waals surface area contributed by atoms with Crippen LogP contribution in [0.5, 0.6) is 0 Å². The Morgan fingerprint density at radius 1 is 0.839 bits per heavy atom. The Morgan fingerprint density at radius 3 is 1.84 bits per heavy atom. The first-order valence-corrected chi connectivity index (χ1v) is 11.7. The molecular formula is C25H27NO4S. The fraction of sp³-hybridized carbons (Fsp3) is 0.280. The van der Waals surface area contributed by atoms with E-state index in [9.17, 15) is 13.5 Å². The van der Waals surface area contributed by atoms with E-state index in [0.29, 0.717) is 0 Å². The van der Waals surface area contributed by atoms with Crippen molar-refractivity contribution in [2.24, 2.45) is 0 Å². The van der Waals surface area contributed by atoms with Gasteiger partial charge in [-0.1, -0.05) is 78.4 Å². The molecule has 4 rings (SSSR count). The van der Waals surface area contributed by atoms with Crippen LogP contribution in [-0.2, 0) is 20.2 Å². The smallest absolute Gasteiger partial charge is 0.243 e. The van der Waals surface area contributed by atoms with Gasteiger partial charge < -0.3 is 9.84 Å². The van der Waals surface area contributed by atoms with Crippen LogP contribution in [0.4, 0.5) is 0 Å². The summed E-state index contributed by atoms with van der Waals surface area (Å²) in [6.45, 7) is 1.97. The summed E-state index contributed by atoms with van der Waals surface area (Å²) in [6, 6.07) is 26.3. The second kappa shape index (κ2) is 8.20. The zero-order chi connectivity index (χ0) is 22.1. The highest BCUT2D eigenvalue weighted by atomic mass is 32.2. The van der Waals surface area contributed by atoms with E-state index in [-0.39, 0.29) is 24.4 Å². The Morgan fingerprint density at radius 2 is 1.35 bits per heavy atom. The summed E-state index contributed by atoms with van der Waals surface area (Å²) in [5.74, 6) is -1.64. The normalized spacial score (nSPS) is 21.6. The summed E-state index contributed by atoms with van der Waals surface area (Å²) in [6.07, 6.45) is 0.241. The van der Waals surface area contributed by atoms with Gasteiger partial charge in [0, 0.05) is 25.5 Å². The lowest BCUT2D eigenvalue weighted by Gasteiger charge is -2.49. The molecule has 5 nitrogen and oxygen atoms in total. The average molecular weight is 438 g/mol. The lowest BCUT2D eigenvalue weighted by molar-refractivity contribution is -0.215. The Balaban J connectivity index is 1.89. The van der Waals surface area contributed by atoms with Gasteiger partial charge in [0.2, 0.25) is 10.0 Å². The number of β-amino-alcohol motifs (C(OH)–C–C–N with tert-alkyl or cyclic N) is 1. The number of rotatable bonds is 5. The second-order valence-corrected chi connectivity index (χ2v) is 10.2. The third kappa shape index (κ3) is 4.04. The maximum Gasteiger partial charge on any atom is 0.243 e. The summed E-state index contributed by atoms with van der Waals surface area (Å²) in [4.78, 5) is 0.202. The number of nitrogens with zero attached hydrogens (tertiary/aromatic N) is 1. The van der Waals surface area contributed by atoms with E-state index in [1.54, 1.807) is 24.3 Å². The Hall–Kier alpha value is -2.51. The Kier molecular flexibility index (Phi) is 5.75. The lowest BCUT2D eigenvalue weighted by atomic mass is 9.68. The number of sulfonamides is 1. The minimum absolute atomic E-state index is 0.138. The van der Waals surface area contributed by atoms with E-state index in [4.69, 9.17) is 4.74 Å². The van der Waals surface area contributed by atoms with Crippen molar-refractivity contribution in [2.45, 2.75) is 29.4 Å². The first-order chi connectivity index (χ1) is 14.8. The molecule has 0 aromatic heterocycles. The van der Waals surface area contributed by atoms with Gasteiger partial charge in [-0.15, -0.1) is 0 Å². The zero-order valence-corrected chi connectivity index (χ0v) is 18.5. The first kappa shape index (κ1) is 21.7. The van der Waals surface area contributed by atoms with Crippen molar-refractivity contribution >= 4 is 10.0 Å². The molecule has 1 aliphatic rings. The van der Waals surface area contributed by atoms with E-state index in [1.165, 1.54) is 11.4 Å². The molecule has 6 heteroatoms. The molecule has 0 saturated carbocycles. The molecule has 1 saturated heterocycles. The van der Waals surface area contributed by atoms with Crippen LogP contribution in [0.2, 0.25) is 0 Å². The Labute approximate surface area is 184 Å². The van der Waals surface area contributed by atoms with Crippen molar-refractivity contribution in [1.29, 1.82) is 0 Å². The topological polar surface area (TPSA) is 66.8 Å². The first-order valence-electron chi connectivity index (χ1n) is 10.2. The van der Waals surface area contributed by atoms with Gasteiger partial charge in [-0.25, -0.2) is 8.42 Å². The summed E-state index contributed by atoms with van der Waals surface area (Å²) in [5, 5.41) is 11.3. The summed E-state index contributed by atoms with van der Waals surface area (Å²) < 4.78 is 34.1. The number of methoxy groups -OCH3 is 1. The molecule has 1 N–H and O–H groups in total. The number of aliphatic hydroxyl groups is 1. The van der Waals surface area contributed by atoms with Crippen molar-refractivity contribution in [2.75, 3.05) is 20.2 Å². The standard InChI is InChI=1S/C25H27NO4S/c1-20-13-15-23(16-14-20)31(28,29)26-18-24(17-25(27,19-26)30-2,21-9-5-3-6-10-21)22-11-7-4-8-12-22/h3-16,27H,17-19H2,1-2H3. The van der Waals surface area contributed by atoms with Crippen LogP contribution in [-0.4, -0.2) is 43.8 Å². The van der Waals surface area contributed by atoms with Gasteiger partial charge in [-0.05, 0) is 30.2 Å². The quantitative estimate of drug-likeness (QED) is 0.618. The molecule has 1 aliphatic heterocycles. The van der Waals surface area contributed by atoms with Crippen LogP contribution in [0.15, 0.2) is 89.8 Å². The van der Waals surface area contributed by atoms with Gasteiger partial charge in [0.25, 0.3) is 0 Å². The number of hydrogen-bond donors (Lipinski definition) is 1. The van der Waals surface area contributed by atoms with Crippen molar-refractivity contribution < 1.29 is 18.3 Å². The van der Waals surface area contributed by atoms with Gasteiger partial charge >= 0.3 is 0 Å². The van der Waals surface area contributed by atoms with Crippen molar-refractivity contribution in [3.63, 3.8) is 0 Å². The van der Waals surface area contributed by atoms with E-state index in [2.05, 4.69) is 0 Å². The molecule has 1 fully saturated rings. The largest absolute Gasteiger partial charge is 0.364 e. The molecule has 0 radical (unpaired) electrons. The third-order valence-electron chi connectivity index (χ3n) is 6.14. The zero-order valence-electron chi connectivity index (χ0n) is 17.7. The fourth-order valence-corrected chi connectivity index (χ4v) is 5.99. The number of aryl methyl sites for hydroxylation is 1. The van der Waals surface area contributed by atoms with Crippen molar-refractivity contribution in [3.05, 3.63) is 102 Å². The van der Waals surface area contributed by atoms with Gasteiger partial charge in [0.05, 0.1) is 11.4 Å². The van der Waals surface area contributed by atoms with Crippen LogP contribution < -0.4 is 0 Å². The maximum absolute atomic E-state index is 13.6. The molecule has 0 aliphatic carbocycles. The van der Waals surface area contributed by atoms with E-state index < -0.39 is 21.2 Å². The minimum Gasteiger partial charge on any atom is -0.364 e. The highest BCUT2D eigenvalue weighted by Gasteiger charge is 2.52. The highest BCUT2D eigenvalue weighted by molar-refractivity contribution is 7.89.